The zero-order valence-electron chi connectivity index (χ0n) is 8.21. The molecule has 1 atom stereocenters. The summed E-state index contributed by atoms with van der Waals surface area (Å²) >= 11 is 1.55. The molecule has 1 aromatic heterocycles. The minimum absolute atomic E-state index is 0.0469. The van der Waals surface area contributed by atoms with Gasteiger partial charge in [-0.3, -0.25) is 0 Å². The third kappa shape index (κ3) is 1.94. The number of benzene rings is 1. The van der Waals surface area contributed by atoms with E-state index in [0.29, 0.717) is 0 Å². The first-order chi connectivity index (χ1) is 7.18. The molecule has 0 aliphatic heterocycles. The molecule has 78 valence electrons. The summed E-state index contributed by atoms with van der Waals surface area (Å²) in [6.07, 6.45) is 1.74. The number of rotatable bonds is 2. The largest absolute Gasteiger partial charge is 0.508 e. The Kier molecular flexibility index (Phi) is 2.60. The molecule has 0 saturated carbocycles. The Morgan fingerprint density at radius 3 is 2.73 bits per heavy atom. The van der Waals surface area contributed by atoms with Gasteiger partial charge in [0.25, 0.3) is 0 Å². The van der Waals surface area contributed by atoms with Crippen molar-refractivity contribution in [1.29, 1.82) is 0 Å². The lowest BCUT2D eigenvalue weighted by molar-refractivity contribution is 0.444. The first-order valence-electron chi connectivity index (χ1n) is 4.59. The van der Waals surface area contributed by atoms with Crippen LogP contribution in [-0.4, -0.2) is 15.2 Å². The van der Waals surface area contributed by atoms with E-state index in [4.69, 9.17) is 0 Å². The molecule has 2 rings (SSSR count). The smallest absolute Gasteiger partial charge is 0.123 e. The average molecular weight is 221 g/mol. The molecule has 0 amide bonds. The number of phenolic OH excluding ortho intramolecular Hbond substituents is 2. The van der Waals surface area contributed by atoms with E-state index in [0.717, 1.165) is 10.6 Å². The van der Waals surface area contributed by atoms with Crippen molar-refractivity contribution in [2.45, 2.75) is 12.8 Å². The topological polar surface area (TPSA) is 53.4 Å². The van der Waals surface area contributed by atoms with Gasteiger partial charge < -0.3 is 10.2 Å². The number of aromatic nitrogens is 1. The molecular weight excluding hydrogens is 210 g/mol. The maximum atomic E-state index is 9.68. The first-order valence-corrected chi connectivity index (χ1v) is 5.47. The zero-order chi connectivity index (χ0) is 10.8. The molecule has 1 unspecified atom stereocenters. The Balaban J connectivity index is 2.38. The lowest BCUT2D eigenvalue weighted by Gasteiger charge is -2.10. The molecular formula is C11H11NO2S. The molecule has 0 radical (unpaired) electrons. The normalized spacial score (nSPS) is 12.6. The van der Waals surface area contributed by atoms with Gasteiger partial charge in [0.2, 0.25) is 0 Å². The van der Waals surface area contributed by atoms with Crippen LogP contribution in [-0.2, 0) is 0 Å². The van der Waals surface area contributed by atoms with Crippen molar-refractivity contribution in [2.75, 3.05) is 0 Å². The molecule has 3 nitrogen and oxygen atoms in total. The zero-order valence-corrected chi connectivity index (χ0v) is 9.03. The summed E-state index contributed by atoms with van der Waals surface area (Å²) in [6, 6.07) is 4.63. The fraction of sp³-hybridized carbons (Fsp3) is 0.182. The van der Waals surface area contributed by atoms with Gasteiger partial charge in [-0.05, 0) is 6.07 Å². The van der Waals surface area contributed by atoms with Crippen LogP contribution < -0.4 is 0 Å². The fourth-order valence-corrected chi connectivity index (χ4v) is 2.19. The number of thiazole rings is 1. The van der Waals surface area contributed by atoms with E-state index in [1.54, 1.807) is 29.7 Å². The van der Waals surface area contributed by atoms with Crippen LogP contribution in [0.3, 0.4) is 0 Å². The molecule has 0 aliphatic carbocycles. The molecule has 1 aromatic carbocycles. The summed E-state index contributed by atoms with van der Waals surface area (Å²) < 4.78 is 0. The molecule has 0 bridgehead atoms. The van der Waals surface area contributed by atoms with Gasteiger partial charge in [-0.15, -0.1) is 11.3 Å². The Hall–Kier alpha value is -1.55. The minimum atomic E-state index is 0.0469. The molecule has 4 heteroatoms. The number of nitrogens with zero attached hydrogens (tertiary/aromatic N) is 1. The van der Waals surface area contributed by atoms with Gasteiger partial charge in [-0.25, -0.2) is 4.98 Å². The highest BCUT2D eigenvalue weighted by Crippen LogP contribution is 2.33. The molecule has 2 N–H and O–H groups in total. The monoisotopic (exact) mass is 221 g/mol. The fourth-order valence-electron chi connectivity index (χ4n) is 1.48. The van der Waals surface area contributed by atoms with Crippen molar-refractivity contribution in [3.63, 3.8) is 0 Å². The quantitative estimate of drug-likeness (QED) is 0.819. The number of phenols is 2. The molecule has 15 heavy (non-hydrogen) atoms. The summed E-state index contributed by atoms with van der Waals surface area (Å²) in [6.45, 7) is 1.98. The summed E-state index contributed by atoms with van der Waals surface area (Å²) in [5.41, 5.74) is 0.780. The van der Waals surface area contributed by atoms with E-state index in [1.165, 1.54) is 6.07 Å². The Bertz CT molecular complexity index is 454. The molecule has 0 aliphatic rings. The van der Waals surface area contributed by atoms with Gasteiger partial charge >= 0.3 is 0 Å². The molecule has 0 spiro atoms. The van der Waals surface area contributed by atoms with Crippen LogP contribution >= 0.6 is 11.3 Å². The highest BCUT2D eigenvalue weighted by atomic mass is 32.1. The van der Waals surface area contributed by atoms with Crippen molar-refractivity contribution >= 4 is 11.3 Å². The highest BCUT2D eigenvalue weighted by molar-refractivity contribution is 7.09. The van der Waals surface area contributed by atoms with Crippen LogP contribution in [0.2, 0.25) is 0 Å². The van der Waals surface area contributed by atoms with E-state index >= 15 is 0 Å². The maximum Gasteiger partial charge on any atom is 0.123 e. The van der Waals surface area contributed by atoms with E-state index in [1.807, 2.05) is 12.3 Å². The maximum absolute atomic E-state index is 9.68. The van der Waals surface area contributed by atoms with Crippen molar-refractivity contribution in [3.8, 4) is 11.5 Å². The molecule has 2 aromatic rings. The van der Waals surface area contributed by atoms with Gasteiger partial charge in [0.1, 0.15) is 11.5 Å². The Labute approximate surface area is 91.7 Å². The predicted octanol–water partition coefficient (Wildman–Crippen LogP) is 2.71. The van der Waals surface area contributed by atoms with Gasteiger partial charge in [0.05, 0.1) is 5.01 Å². The Morgan fingerprint density at radius 1 is 1.33 bits per heavy atom. The predicted molar refractivity (Wildman–Crippen MR) is 59.4 cm³/mol. The summed E-state index contributed by atoms with van der Waals surface area (Å²) in [5.74, 6) is 0.228. The van der Waals surface area contributed by atoms with Crippen molar-refractivity contribution < 1.29 is 10.2 Å². The number of aromatic hydroxyl groups is 2. The van der Waals surface area contributed by atoms with Gasteiger partial charge in [0, 0.05) is 29.1 Å². The van der Waals surface area contributed by atoms with Crippen molar-refractivity contribution in [1.82, 2.24) is 4.98 Å². The molecule has 0 fully saturated rings. The van der Waals surface area contributed by atoms with Crippen LogP contribution in [0.4, 0.5) is 0 Å². The second-order valence-electron chi connectivity index (χ2n) is 3.34. The van der Waals surface area contributed by atoms with Gasteiger partial charge in [0.15, 0.2) is 0 Å². The summed E-state index contributed by atoms with van der Waals surface area (Å²) in [7, 11) is 0. The average Bonchev–Trinajstić information content (AvgIpc) is 2.69. The Morgan fingerprint density at radius 2 is 2.13 bits per heavy atom. The van der Waals surface area contributed by atoms with Crippen LogP contribution in [0.5, 0.6) is 11.5 Å². The lowest BCUT2D eigenvalue weighted by atomic mass is 10.0. The van der Waals surface area contributed by atoms with E-state index < -0.39 is 0 Å². The summed E-state index contributed by atoms with van der Waals surface area (Å²) in [4.78, 5) is 4.20. The summed E-state index contributed by atoms with van der Waals surface area (Å²) in [5, 5.41) is 21.7. The van der Waals surface area contributed by atoms with Crippen LogP contribution in [0.15, 0.2) is 29.8 Å². The second-order valence-corrected chi connectivity index (χ2v) is 4.26. The highest BCUT2D eigenvalue weighted by Gasteiger charge is 2.14. The third-order valence-electron chi connectivity index (χ3n) is 2.30. The van der Waals surface area contributed by atoms with E-state index in [9.17, 15) is 10.2 Å². The second kappa shape index (κ2) is 3.90. The minimum Gasteiger partial charge on any atom is -0.508 e. The van der Waals surface area contributed by atoms with Gasteiger partial charge in [-0.2, -0.15) is 0 Å². The number of hydrogen-bond acceptors (Lipinski definition) is 4. The van der Waals surface area contributed by atoms with E-state index in [2.05, 4.69) is 4.98 Å². The SMILES string of the molecule is CC(c1nccs1)c1ccc(O)cc1O. The van der Waals surface area contributed by atoms with Gasteiger partial charge in [-0.1, -0.05) is 13.0 Å². The van der Waals surface area contributed by atoms with Crippen LogP contribution in [0, 0.1) is 0 Å². The molecule has 0 saturated heterocycles. The third-order valence-corrected chi connectivity index (χ3v) is 3.26. The lowest BCUT2D eigenvalue weighted by Crippen LogP contribution is -1.95. The van der Waals surface area contributed by atoms with Crippen LogP contribution in [0.1, 0.15) is 23.4 Å². The van der Waals surface area contributed by atoms with Crippen molar-refractivity contribution in [3.05, 3.63) is 40.3 Å². The first kappa shape index (κ1) is 9.98. The van der Waals surface area contributed by atoms with Crippen LogP contribution in [0.25, 0.3) is 0 Å². The number of hydrogen-bond donors (Lipinski definition) is 2. The van der Waals surface area contributed by atoms with E-state index in [-0.39, 0.29) is 17.4 Å². The molecule has 1 heterocycles. The van der Waals surface area contributed by atoms with Crippen molar-refractivity contribution in [2.24, 2.45) is 0 Å². The standard InChI is InChI=1S/C11H11NO2S/c1-7(11-12-4-5-15-11)9-3-2-8(13)6-10(9)14/h2-7,13-14H,1H3.